The standard InChI is InChI=1S/C20H17ClN2O4/c1-12(24)27-14-6-4-5-13(9-14)7-8-19-22-16-11-18(26-3)17(25-2)10-15(16)20(21)23-19/h4-11H,1-3H3/b8-7+. The van der Waals surface area contributed by atoms with Crippen LogP contribution in [0.25, 0.3) is 23.1 Å². The molecule has 1 heterocycles. The highest BCUT2D eigenvalue weighted by Crippen LogP contribution is 2.34. The quantitative estimate of drug-likeness (QED) is 0.369. The fourth-order valence-electron chi connectivity index (χ4n) is 2.53. The summed E-state index contributed by atoms with van der Waals surface area (Å²) in [5, 5.41) is 0.984. The highest BCUT2D eigenvalue weighted by atomic mass is 35.5. The fraction of sp³-hybridized carbons (Fsp3) is 0.150. The van der Waals surface area contributed by atoms with E-state index < -0.39 is 0 Å². The van der Waals surface area contributed by atoms with E-state index in [4.69, 9.17) is 25.8 Å². The van der Waals surface area contributed by atoms with Gasteiger partial charge in [0, 0.05) is 18.4 Å². The maximum absolute atomic E-state index is 11.1. The van der Waals surface area contributed by atoms with Crippen molar-refractivity contribution in [3.63, 3.8) is 0 Å². The van der Waals surface area contributed by atoms with Gasteiger partial charge in [0.05, 0.1) is 19.7 Å². The van der Waals surface area contributed by atoms with Crippen molar-refractivity contribution in [3.8, 4) is 17.2 Å². The Hall–Kier alpha value is -3.12. The zero-order chi connectivity index (χ0) is 19.4. The first-order valence-corrected chi connectivity index (χ1v) is 8.44. The van der Waals surface area contributed by atoms with Gasteiger partial charge in [-0.1, -0.05) is 29.8 Å². The van der Waals surface area contributed by atoms with Crippen molar-refractivity contribution in [2.45, 2.75) is 6.92 Å². The normalized spacial score (nSPS) is 11.0. The lowest BCUT2D eigenvalue weighted by atomic mass is 10.2. The Balaban J connectivity index is 1.95. The van der Waals surface area contributed by atoms with Crippen molar-refractivity contribution in [1.82, 2.24) is 9.97 Å². The van der Waals surface area contributed by atoms with Gasteiger partial charge in [0.15, 0.2) is 17.3 Å². The summed E-state index contributed by atoms with van der Waals surface area (Å²) in [5.74, 6) is 1.66. The number of hydrogen-bond donors (Lipinski definition) is 0. The molecular weight excluding hydrogens is 368 g/mol. The summed E-state index contributed by atoms with van der Waals surface area (Å²) < 4.78 is 15.7. The third-order valence-electron chi connectivity index (χ3n) is 3.72. The summed E-state index contributed by atoms with van der Waals surface area (Å²) in [4.78, 5) is 19.9. The smallest absolute Gasteiger partial charge is 0.308 e. The molecule has 2 aromatic carbocycles. The maximum Gasteiger partial charge on any atom is 0.308 e. The van der Waals surface area contributed by atoms with Crippen LogP contribution in [-0.4, -0.2) is 30.2 Å². The molecule has 0 aliphatic rings. The molecule has 27 heavy (non-hydrogen) atoms. The summed E-state index contributed by atoms with van der Waals surface area (Å²) in [7, 11) is 3.11. The Morgan fingerprint density at radius 3 is 2.48 bits per heavy atom. The van der Waals surface area contributed by atoms with Crippen molar-refractivity contribution in [1.29, 1.82) is 0 Å². The fourth-order valence-corrected chi connectivity index (χ4v) is 2.77. The lowest BCUT2D eigenvalue weighted by Crippen LogP contribution is -2.01. The lowest BCUT2D eigenvalue weighted by molar-refractivity contribution is -0.131. The van der Waals surface area contributed by atoms with Crippen LogP contribution in [0.15, 0.2) is 36.4 Å². The topological polar surface area (TPSA) is 70.5 Å². The number of ether oxygens (including phenoxy) is 3. The van der Waals surface area contributed by atoms with Gasteiger partial charge in [0.2, 0.25) is 0 Å². The van der Waals surface area contributed by atoms with E-state index in [1.165, 1.54) is 6.92 Å². The molecule has 0 aliphatic carbocycles. The molecule has 0 bridgehead atoms. The maximum atomic E-state index is 11.1. The highest BCUT2D eigenvalue weighted by Gasteiger charge is 2.11. The zero-order valence-corrected chi connectivity index (χ0v) is 15.8. The summed E-state index contributed by atoms with van der Waals surface area (Å²) in [5.41, 5.74) is 1.47. The number of methoxy groups -OCH3 is 2. The third-order valence-corrected chi connectivity index (χ3v) is 4.00. The molecule has 0 N–H and O–H groups in total. The van der Waals surface area contributed by atoms with Crippen molar-refractivity contribution in [2.75, 3.05) is 14.2 Å². The number of halogens is 1. The monoisotopic (exact) mass is 384 g/mol. The van der Waals surface area contributed by atoms with Crippen LogP contribution in [0.3, 0.4) is 0 Å². The molecule has 0 saturated carbocycles. The SMILES string of the molecule is COc1cc2nc(/C=C/c3cccc(OC(C)=O)c3)nc(Cl)c2cc1OC. The van der Waals surface area contributed by atoms with E-state index >= 15 is 0 Å². The van der Waals surface area contributed by atoms with Gasteiger partial charge in [-0.15, -0.1) is 0 Å². The van der Waals surface area contributed by atoms with Crippen molar-refractivity contribution < 1.29 is 19.0 Å². The van der Waals surface area contributed by atoms with Gasteiger partial charge in [0.25, 0.3) is 0 Å². The molecule has 0 fully saturated rings. The minimum absolute atomic E-state index is 0.314. The minimum Gasteiger partial charge on any atom is -0.493 e. The molecule has 0 radical (unpaired) electrons. The number of nitrogens with zero attached hydrogens (tertiary/aromatic N) is 2. The molecule has 6 nitrogen and oxygen atoms in total. The number of aromatic nitrogens is 2. The molecule has 0 saturated heterocycles. The second-order valence-electron chi connectivity index (χ2n) is 5.60. The molecule has 0 amide bonds. The number of esters is 1. The molecule has 1 aromatic heterocycles. The molecule has 0 aliphatic heterocycles. The first kappa shape index (κ1) is 18.7. The molecule has 0 atom stereocenters. The Morgan fingerprint density at radius 1 is 1.04 bits per heavy atom. The van der Waals surface area contributed by atoms with E-state index in [1.54, 1.807) is 50.6 Å². The van der Waals surface area contributed by atoms with Crippen molar-refractivity contribution in [3.05, 3.63) is 52.9 Å². The Labute approximate surface area is 161 Å². The predicted octanol–water partition coefficient (Wildman–Crippen LogP) is 4.40. The molecule has 0 spiro atoms. The van der Waals surface area contributed by atoms with E-state index in [0.717, 1.165) is 5.56 Å². The van der Waals surface area contributed by atoms with E-state index in [-0.39, 0.29) is 5.97 Å². The van der Waals surface area contributed by atoms with Gasteiger partial charge in [-0.3, -0.25) is 4.79 Å². The summed E-state index contributed by atoms with van der Waals surface area (Å²) in [6, 6.07) is 10.6. The number of carbonyl (C=O) groups is 1. The zero-order valence-electron chi connectivity index (χ0n) is 15.0. The first-order valence-electron chi connectivity index (χ1n) is 8.06. The van der Waals surface area contributed by atoms with Crippen LogP contribution < -0.4 is 14.2 Å². The van der Waals surface area contributed by atoms with Gasteiger partial charge in [-0.2, -0.15) is 0 Å². The Kier molecular flexibility index (Phi) is 5.57. The van der Waals surface area contributed by atoms with Gasteiger partial charge < -0.3 is 14.2 Å². The highest BCUT2D eigenvalue weighted by molar-refractivity contribution is 6.34. The minimum atomic E-state index is -0.370. The molecule has 3 rings (SSSR count). The number of fused-ring (bicyclic) bond motifs is 1. The number of carbonyl (C=O) groups excluding carboxylic acids is 1. The van der Waals surface area contributed by atoms with E-state index in [1.807, 2.05) is 12.1 Å². The van der Waals surface area contributed by atoms with Crippen LogP contribution in [0.5, 0.6) is 17.2 Å². The summed E-state index contributed by atoms with van der Waals surface area (Å²) in [6.45, 7) is 1.36. The first-order chi connectivity index (χ1) is 13.0. The number of benzene rings is 2. The van der Waals surface area contributed by atoms with Crippen LogP contribution in [0.4, 0.5) is 0 Å². The second-order valence-corrected chi connectivity index (χ2v) is 5.95. The lowest BCUT2D eigenvalue weighted by Gasteiger charge is -2.09. The van der Waals surface area contributed by atoms with Crippen LogP contribution in [0.2, 0.25) is 5.15 Å². The van der Waals surface area contributed by atoms with Gasteiger partial charge >= 0.3 is 5.97 Å². The van der Waals surface area contributed by atoms with Crippen LogP contribution in [0.1, 0.15) is 18.3 Å². The van der Waals surface area contributed by atoms with Crippen molar-refractivity contribution >= 4 is 40.6 Å². The largest absolute Gasteiger partial charge is 0.493 e. The molecular formula is C20H17ClN2O4. The summed E-state index contributed by atoms with van der Waals surface area (Å²) >= 11 is 6.31. The van der Waals surface area contributed by atoms with Crippen LogP contribution in [-0.2, 0) is 4.79 Å². The van der Waals surface area contributed by atoms with Crippen LogP contribution in [0, 0.1) is 0 Å². The predicted molar refractivity (Wildman–Crippen MR) is 104 cm³/mol. The van der Waals surface area contributed by atoms with Crippen molar-refractivity contribution in [2.24, 2.45) is 0 Å². The Bertz CT molecular complexity index is 1030. The Morgan fingerprint density at radius 2 is 1.78 bits per heavy atom. The van der Waals surface area contributed by atoms with E-state index in [2.05, 4.69) is 9.97 Å². The molecule has 7 heteroatoms. The van der Waals surface area contributed by atoms with Crippen LogP contribution >= 0.6 is 11.6 Å². The third kappa shape index (κ3) is 4.35. The molecule has 3 aromatic rings. The number of rotatable bonds is 5. The second kappa shape index (κ2) is 8.05. The van der Waals surface area contributed by atoms with Gasteiger partial charge in [-0.05, 0) is 29.8 Å². The van der Waals surface area contributed by atoms with Gasteiger partial charge in [0.1, 0.15) is 10.9 Å². The average molecular weight is 385 g/mol. The molecule has 0 unspecified atom stereocenters. The van der Waals surface area contributed by atoms with E-state index in [0.29, 0.717) is 39.1 Å². The average Bonchev–Trinajstić information content (AvgIpc) is 2.65. The summed E-state index contributed by atoms with van der Waals surface area (Å²) in [6.07, 6.45) is 3.54. The molecule has 138 valence electrons. The van der Waals surface area contributed by atoms with E-state index in [9.17, 15) is 4.79 Å². The number of hydrogen-bond acceptors (Lipinski definition) is 6. The van der Waals surface area contributed by atoms with Gasteiger partial charge in [-0.25, -0.2) is 9.97 Å².